The normalized spacial score (nSPS) is 14.5. The standard InChI is InChI=1S/C16H25N3O2.HI/c1-4-17-16(19-9-5-6-10-19)18-12-13-7-8-14(20-2)11-15(13)21-3;/h7-8,11H,4-6,9-10,12H2,1-3H3,(H,17,18);1H. The van der Waals surface area contributed by atoms with Gasteiger partial charge in [-0.05, 0) is 31.9 Å². The fourth-order valence-corrected chi connectivity index (χ4v) is 2.50. The first kappa shape index (κ1) is 18.9. The van der Waals surface area contributed by atoms with E-state index >= 15 is 0 Å². The molecule has 1 aromatic rings. The summed E-state index contributed by atoms with van der Waals surface area (Å²) in [6.45, 7) is 5.76. The number of nitrogens with zero attached hydrogens (tertiary/aromatic N) is 2. The second-order valence-electron chi connectivity index (χ2n) is 5.04. The van der Waals surface area contributed by atoms with E-state index in [4.69, 9.17) is 14.5 Å². The predicted molar refractivity (Wildman–Crippen MR) is 101 cm³/mol. The molecule has 0 aromatic heterocycles. The Labute approximate surface area is 150 Å². The molecule has 124 valence electrons. The van der Waals surface area contributed by atoms with Gasteiger partial charge in [-0.2, -0.15) is 0 Å². The average Bonchev–Trinajstić information content (AvgIpc) is 3.05. The highest BCUT2D eigenvalue weighted by Crippen LogP contribution is 2.25. The largest absolute Gasteiger partial charge is 0.497 e. The molecule has 1 aromatic carbocycles. The Balaban J connectivity index is 0.00000242. The van der Waals surface area contributed by atoms with Gasteiger partial charge in [0.1, 0.15) is 11.5 Å². The van der Waals surface area contributed by atoms with Gasteiger partial charge in [0.25, 0.3) is 0 Å². The SMILES string of the molecule is CCNC(=NCc1ccc(OC)cc1OC)N1CCCC1.I. The Morgan fingerprint density at radius 3 is 2.55 bits per heavy atom. The van der Waals surface area contributed by atoms with Crippen LogP contribution in [0.4, 0.5) is 0 Å². The Bertz CT molecular complexity index is 488. The van der Waals surface area contributed by atoms with Crippen LogP contribution in [-0.2, 0) is 6.54 Å². The minimum atomic E-state index is 0. The van der Waals surface area contributed by atoms with Crippen LogP contribution in [0.2, 0.25) is 0 Å². The summed E-state index contributed by atoms with van der Waals surface area (Å²) in [6.07, 6.45) is 2.49. The second-order valence-corrected chi connectivity index (χ2v) is 5.04. The van der Waals surface area contributed by atoms with E-state index in [1.54, 1.807) is 14.2 Å². The molecule has 0 saturated carbocycles. The number of ether oxygens (including phenoxy) is 2. The minimum Gasteiger partial charge on any atom is -0.497 e. The number of rotatable bonds is 5. The summed E-state index contributed by atoms with van der Waals surface area (Å²) in [5.74, 6) is 2.61. The maximum absolute atomic E-state index is 5.42. The molecule has 5 nitrogen and oxygen atoms in total. The first-order valence-electron chi connectivity index (χ1n) is 7.52. The number of halogens is 1. The lowest BCUT2D eigenvalue weighted by Crippen LogP contribution is -2.39. The van der Waals surface area contributed by atoms with E-state index in [1.165, 1.54) is 12.8 Å². The van der Waals surface area contributed by atoms with Gasteiger partial charge in [-0.25, -0.2) is 4.99 Å². The molecule has 1 saturated heterocycles. The zero-order valence-electron chi connectivity index (χ0n) is 13.6. The zero-order chi connectivity index (χ0) is 15.1. The fourth-order valence-electron chi connectivity index (χ4n) is 2.50. The number of likely N-dealkylation sites (tertiary alicyclic amines) is 1. The topological polar surface area (TPSA) is 46.1 Å². The molecule has 2 rings (SSSR count). The quantitative estimate of drug-likeness (QED) is 0.453. The van der Waals surface area contributed by atoms with Gasteiger partial charge < -0.3 is 19.7 Å². The number of aliphatic imine (C=N–C) groups is 1. The van der Waals surface area contributed by atoms with E-state index in [-0.39, 0.29) is 24.0 Å². The van der Waals surface area contributed by atoms with Crippen molar-refractivity contribution in [3.8, 4) is 11.5 Å². The van der Waals surface area contributed by atoms with Gasteiger partial charge in [0.15, 0.2) is 5.96 Å². The lowest BCUT2D eigenvalue weighted by Gasteiger charge is -2.21. The van der Waals surface area contributed by atoms with Gasteiger partial charge in [-0.15, -0.1) is 24.0 Å². The Morgan fingerprint density at radius 1 is 1.23 bits per heavy atom. The van der Waals surface area contributed by atoms with E-state index in [9.17, 15) is 0 Å². The Hall–Kier alpha value is -1.18. The lowest BCUT2D eigenvalue weighted by atomic mass is 10.2. The summed E-state index contributed by atoms with van der Waals surface area (Å²) in [6, 6.07) is 5.85. The van der Waals surface area contributed by atoms with Crippen LogP contribution < -0.4 is 14.8 Å². The highest BCUT2D eigenvalue weighted by molar-refractivity contribution is 14.0. The van der Waals surface area contributed by atoms with Crippen LogP contribution in [0.5, 0.6) is 11.5 Å². The molecular weight excluding hydrogens is 393 g/mol. The third-order valence-electron chi connectivity index (χ3n) is 3.63. The highest BCUT2D eigenvalue weighted by Gasteiger charge is 2.15. The van der Waals surface area contributed by atoms with Crippen molar-refractivity contribution in [1.29, 1.82) is 0 Å². The van der Waals surface area contributed by atoms with Crippen LogP contribution in [0.3, 0.4) is 0 Å². The van der Waals surface area contributed by atoms with Crippen molar-refractivity contribution in [1.82, 2.24) is 10.2 Å². The number of benzene rings is 1. The molecule has 0 radical (unpaired) electrons. The van der Waals surface area contributed by atoms with Gasteiger partial charge in [-0.3, -0.25) is 0 Å². The number of methoxy groups -OCH3 is 2. The third-order valence-corrected chi connectivity index (χ3v) is 3.63. The predicted octanol–water partition coefficient (Wildman–Crippen LogP) is 2.88. The smallest absolute Gasteiger partial charge is 0.194 e. The fraction of sp³-hybridized carbons (Fsp3) is 0.562. The number of hydrogen-bond acceptors (Lipinski definition) is 3. The summed E-state index contributed by atoms with van der Waals surface area (Å²) in [5.41, 5.74) is 1.06. The molecule has 0 aliphatic carbocycles. The van der Waals surface area contributed by atoms with Gasteiger partial charge in [0.2, 0.25) is 0 Å². The van der Waals surface area contributed by atoms with E-state index in [2.05, 4.69) is 17.1 Å². The van der Waals surface area contributed by atoms with Gasteiger partial charge in [0, 0.05) is 31.3 Å². The molecule has 0 spiro atoms. The summed E-state index contributed by atoms with van der Waals surface area (Å²) >= 11 is 0. The molecule has 1 aliphatic rings. The minimum absolute atomic E-state index is 0. The van der Waals surface area contributed by atoms with Crippen LogP contribution in [-0.4, -0.2) is 44.7 Å². The number of hydrogen-bond donors (Lipinski definition) is 1. The van der Waals surface area contributed by atoms with Crippen molar-refractivity contribution in [3.05, 3.63) is 23.8 Å². The molecule has 22 heavy (non-hydrogen) atoms. The number of nitrogens with one attached hydrogen (secondary N) is 1. The molecule has 1 N–H and O–H groups in total. The van der Waals surface area contributed by atoms with Crippen molar-refractivity contribution in [2.24, 2.45) is 4.99 Å². The molecular formula is C16H26IN3O2. The van der Waals surface area contributed by atoms with Crippen LogP contribution >= 0.6 is 24.0 Å². The molecule has 0 atom stereocenters. The van der Waals surface area contributed by atoms with Crippen LogP contribution in [0.15, 0.2) is 23.2 Å². The summed E-state index contributed by atoms with van der Waals surface area (Å²) in [5, 5.41) is 3.37. The van der Waals surface area contributed by atoms with Crippen molar-refractivity contribution < 1.29 is 9.47 Å². The summed E-state index contributed by atoms with van der Waals surface area (Å²) < 4.78 is 10.6. The van der Waals surface area contributed by atoms with E-state index < -0.39 is 0 Å². The maximum Gasteiger partial charge on any atom is 0.194 e. The Kier molecular flexibility index (Phi) is 8.37. The van der Waals surface area contributed by atoms with Crippen LogP contribution in [0, 0.1) is 0 Å². The third kappa shape index (κ3) is 4.93. The van der Waals surface area contributed by atoms with E-state index in [0.717, 1.165) is 42.7 Å². The molecule has 1 fully saturated rings. The van der Waals surface area contributed by atoms with Gasteiger partial charge in [-0.1, -0.05) is 0 Å². The molecule has 0 bridgehead atoms. The average molecular weight is 419 g/mol. The molecule has 1 heterocycles. The van der Waals surface area contributed by atoms with E-state index in [1.807, 2.05) is 18.2 Å². The summed E-state index contributed by atoms with van der Waals surface area (Å²) in [7, 11) is 3.33. The zero-order valence-corrected chi connectivity index (χ0v) is 15.9. The second kappa shape index (κ2) is 9.76. The van der Waals surface area contributed by atoms with Crippen LogP contribution in [0.1, 0.15) is 25.3 Å². The molecule has 0 amide bonds. The first-order valence-corrected chi connectivity index (χ1v) is 7.52. The van der Waals surface area contributed by atoms with Crippen molar-refractivity contribution >= 4 is 29.9 Å². The van der Waals surface area contributed by atoms with E-state index in [0.29, 0.717) is 6.54 Å². The molecule has 6 heteroatoms. The first-order chi connectivity index (χ1) is 10.3. The molecule has 0 unspecified atom stereocenters. The van der Waals surface area contributed by atoms with Crippen molar-refractivity contribution in [2.45, 2.75) is 26.3 Å². The monoisotopic (exact) mass is 419 g/mol. The van der Waals surface area contributed by atoms with Gasteiger partial charge in [0.05, 0.1) is 20.8 Å². The number of guanidine groups is 1. The summed E-state index contributed by atoms with van der Waals surface area (Å²) in [4.78, 5) is 7.06. The Morgan fingerprint density at radius 2 is 1.95 bits per heavy atom. The molecule has 1 aliphatic heterocycles. The maximum atomic E-state index is 5.42. The highest BCUT2D eigenvalue weighted by atomic mass is 127. The lowest BCUT2D eigenvalue weighted by molar-refractivity contribution is 0.391. The van der Waals surface area contributed by atoms with Crippen molar-refractivity contribution in [3.63, 3.8) is 0 Å². The van der Waals surface area contributed by atoms with Crippen LogP contribution in [0.25, 0.3) is 0 Å². The van der Waals surface area contributed by atoms with Crippen molar-refractivity contribution in [2.75, 3.05) is 33.9 Å². The van der Waals surface area contributed by atoms with Gasteiger partial charge >= 0.3 is 0 Å².